The van der Waals surface area contributed by atoms with Gasteiger partial charge < -0.3 is 10.5 Å². The molecule has 1 aliphatic heterocycles. The van der Waals surface area contributed by atoms with Crippen molar-refractivity contribution >= 4 is 0 Å². The third-order valence-electron chi connectivity index (χ3n) is 2.19. The standard InChI is InChI=1S/C6H11NO/c7-5-1-4-2-6(5)8-3-4/h4-6H,1-3,7H2/t4-,5+,6-/m0/s1. The number of rotatable bonds is 0. The SMILES string of the molecule is N[C@@H]1C[C@@H]2CO[C@H]1C2. The van der Waals surface area contributed by atoms with Gasteiger partial charge in [-0.3, -0.25) is 0 Å². The van der Waals surface area contributed by atoms with Crippen molar-refractivity contribution in [3.8, 4) is 0 Å². The van der Waals surface area contributed by atoms with E-state index in [-0.39, 0.29) is 0 Å². The first-order valence-corrected chi connectivity index (χ1v) is 3.23. The summed E-state index contributed by atoms with van der Waals surface area (Å²) < 4.78 is 5.34. The Kier molecular flexibility index (Phi) is 0.866. The molecule has 0 spiro atoms. The molecule has 0 amide bonds. The molecule has 2 N–H and O–H groups in total. The van der Waals surface area contributed by atoms with Crippen molar-refractivity contribution in [1.82, 2.24) is 0 Å². The summed E-state index contributed by atoms with van der Waals surface area (Å²) in [7, 11) is 0. The zero-order valence-corrected chi connectivity index (χ0v) is 4.84. The van der Waals surface area contributed by atoms with Crippen LogP contribution in [0, 0.1) is 5.92 Å². The molecule has 1 aliphatic carbocycles. The topological polar surface area (TPSA) is 35.2 Å². The lowest BCUT2D eigenvalue weighted by Crippen LogP contribution is -2.33. The van der Waals surface area contributed by atoms with Gasteiger partial charge in [0.25, 0.3) is 0 Å². The number of hydrogen-bond acceptors (Lipinski definition) is 2. The summed E-state index contributed by atoms with van der Waals surface area (Å²) in [5.74, 6) is 0.801. The molecule has 1 heterocycles. The van der Waals surface area contributed by atoms with Gasteiger partial charge in [0.05, 0.1) is 6.10 Å². The minimum atomic E-state index is 0.355. The summed E-state index contributed by atoms with van der Waals surface area (Å²) in [6.45, 7) is 0.971. The molecule has 0 radical (unpaired) electrons. The van der Waals surface area contributed by atoms with Gasteiger partial charge in [-0.25, -0.2) is 0 Å². The van der Waals surface area contributed by atoms with Gasteiger partial charge in [0.2, 0.25) is 0 Å². The lowest BCUT2D eigenvalue weighted by molar-refractivity contribution is 0.0625. The number of hydrogen-bond donors (Lipinski definition) is 1. The van der Waals surface area contributed by atoms with Crippen LogP contribution in [0.25, 0.3) is 0 Å². The third kappa shape index (κ3) is 0.501. The van der Waals surface area contributed by atoms with Gasteiger partial charge in [0.15, 0.2) is 0 Å². The fourth-order valence-corrected chi connectivity index (χ4v) is 1.72. The Morgan fingerprint density at radius 2 is 2.25 bits per heavy atom. The normalized spacial score (nSPS) is 52.9. The van der Waals surface area contributed by atoms with Gasteiger partial charge in [-0.05, 0) is 18.8 Å². The number of nitrogens with two attached hydrogens (primary N) is 1. The van der Waals surface area contributed by atoms with Crippen molar-refractivity contribution in [2.24, 2.45) is 11.7 Å². The predicted molar refractivity (Wildman–Crippen MR) is 30.4 cm³/mol. The molecule has 1 saturated heterocycles. The molecule has 2 heteroatoms. The minimum Gasteiger partial charge on any atom is -0.376 e. The van der Waals surface area contributed by atoms with E-state index in [1.807, 2.05) is 0 Å². The largest absolute Gasteiger partial charge is 0.376 e. The van der Waals surface area contributed by atoms with Gasteiger partial charge >= 0.3 is 0 Å². The molecular weight excluding hydrogens is 102 g/mol. The second-order valence-corrected chi connectivity index (χ2v) is 2.87. The smallest absolute Gasteiger partial charge is 0.0729 e. The molecule has 2 fully saturated rings. The average Bonchev–Trinajstić information content (AvgIpc) is 2.23. The highest BCUT2D eigenvalue weighted by atomic mass is 16.5. The molecule has 0 aromatic heterocycles. The van der Waals surface area contributed by atoms with Crippen molar-refractivity contribution in [2.45, 2.75) is 25.0 Å². The summed E-state index contributed by atoms with van der Waals surface area (Å²) in [6.07, 6.45) is 2.84. The van der Waals surface area contributed by atoms with E-state index in [1.54, 1.807) is 0 Å². The van der Waals surface area contributed by atoms with E-state index in [4.69, 9.17) is 10.5 Å². The Labute approximate surface area is 49.0 Å². The maximum absolute atomic E-state index is 5.69. The summed E-state index contributed by atoms with van der Waals surface area (Å²) in [5.41, 5.74) is 5.69. The Morgan fingerprint density at radius 3 is 2.50 bits per heavy atom. The lowest BCUT2D eigenvalue weighted by Gasteiger charge is -2.16. The van der Waals surface area contributed by atoms with Crippen molar-refractivity contribution < 1.29 is 4.74 Å². The summed E-state index contributed by atoms with van der Waals surface area (Å²) in [4.78, 5) is 0. The van der Waals surface area contributed by atoms with E-state index in [1.165, 1.54) is 12.8 Å². The van der Waals surface area contributed by atoms with Crippen molar-refractivity contribution in [2.75, 3.05) is 6.61 Å². The highest BCUT2D eigenvalue weighted by Gasteiger charge is 2.38. The second-order valence-electron chi connectivity index (χ2n) is 2.87. The van der Waals surface area contributed by atoms with Crippen molar-refractivity contribution in [3.63, 3.8) is 0 Å². The molecule has 2 bridgehead atoms. The molecule has 1 saturated carbocycles. The first-order valence-electron chi connectivity index (χ1n) is 3.23. The van der Waals surface area contributed by atoms with Gasteiger partial charge in [-0.1, -0.05) is 0 Å². The Hall–Kier alpha value is -0.0800. The Bertz CT molecular complexity index is 103. The minimum absolute atomic E-state index is 0.355. The van der Waals surface area contributed by atoms with Gasteiger partial charge in [-0.2, -0.15) is 0 Å². The molecule has 8 heavy (non-hydrogen) atoms. The molecule has 2 aliphatic rings. The van der Waals surface area contributed by atoms with E-state index in [9.17, 15) is 0 Å². The average molecular weight is 113 g/mol. The Morgan fingerprint density at radius 1 is 1.38 bits per heavy atom. The predicted octanol–water partition coefficient (Wildman–Crippen LogP) is 0.122. The molecule has 2 nitrogen and oxygen atoms in total. The van der Waals surface area contributed by atoms with Gasteiger partial charge in [0, 0.05) is 12.6 Å². The van der Waals surface area contributed by atoms with Crippen LogP contribution in [0.5, 0.6) is 0 Å². The maximum Gasteiger partial charge on any atom is 0.0729 e. The van der Waals surface area contributed by atoms with E-state index < -0.39 is 0 Å². The van der Waals surface area contributed by atoms with E-state index in [0.717, 1.165) is 12.5 Å². The van der Waals surface area contributed by atoms with Crippen LogP contribution in [0.4, 0.5) is 0 Å². The second kappa shape index (κ2) is 1.45. The molecule has 0 aromatic carbocycles. The van der Waals surface area contributed by atoms with Crippen LogP contribution < -0.4 is 5.73 Å². The van der Waals surface area contributed by atoms with Crippen molar-refractivity contribution in [3.05, 3.63) is 0 Å². The van der Waals surface area contributed by atoms with E-state index in [2.05, 4.69) is 0 Å². The first kappa shape index (κ1) is 4.77. The quantitative estimate of drug-likeness (QED) is 0.484. The molecule has 46 valence electrons. The monoisotopic (exact) mass is 113 g/mol. The van der Waals surface area contributed by atoms with Crippen LogP contribution in [0.1, 0.15) is 12.8 Å². The molecule has 2 rings (SSSR count). The zero-order valence-electron chi connectivity index (χ0n) is 4.84. The molecular formula is C6H11NO. The van der Waals surface area contributed by atoms with E-state index >= 15 is 0 Å². The zero-order chi connectivity index (χ0) is 5.56. The first-order chi connectivity index (χ1) is 3.86. The van der Waals surface area contributed by atoms with Crippen molar-refractivity contribution in [1.29, 1.82) is 0 Å². The van der Waals surface area contributed by atoms with Crippen LogP contribution >= 0.6 is 0 Å². The summed E-state index contributed by atoms with van der Waals surface area (Å²) in [5, 5.41) is 0. The highest BCUT2D eigenvalue weighted by molar-refractivity contribution is 4.91. The molecule has 0 unspecified atom stereocenters. The van der Waals surface area contributed by atoms with Crippen LogP contribution in [0.15, 0.2) is 0 Å². The summed E-state index contributed by atoms with van der Waals surface area (Å²) >= 11 is 0. The summed E-state index contributed by atoms with van der Waals surface area (Å²) in [6, 6.07) is 0.355. The molecule has 3 atom stereocenters. The fraction of sp³-hybridized carbons (Fsp3) is 1.00. The van der Waals surface area contributed by atoms with E-state index in [0.29, 0.717) is 12.1 Å². The molecule has 0 aromatic rings. The highest BCUT2D eigenvalue weighted by Crippen LogP contribution is 2.33. The van der Waals surface area contributed by atoms with Crippen LogP contribution in [0.3, 0.4) is 0 Å². The third-order valence-corrected chi connectivity index (χ3v) is 2.19. The lowest BCUT2D eigenvalue weighted by atomic mass is 10.1. The van der Waals surface area contributed by atoms with Crippen LogP contribution in [0.2, 0.25) is 0 Å². The van der Waals surface area contributed by atoms with Gasteiger partial charge in [0.1, 0.15) is 0 Å². The number of fused-ring (bicyclic) bond motifs is 2. The Balaban J connectivity index is 2.11. The van der Waals surface area contributed by atoms with Crippen LogP contribution in [-0.4, -0.2) is 18.8 Å². The number of ether oxygens (including phenoxy) is 1. The fourth-order valence-electron chi connectivity index (χ4n) is 1.72. The maximum atomic E-state index is 5.69. The van der Waals surface area contributed by atoms with Gasteiger partial charge in [-0.15, -0.1) is 0 Å². The van der Waals surface area contributed by atoms with Crippen LogP contribution in [-0.2, 0) is 4.74 Å².